The van der Waals surface area contributed by atoms with Gasteiger partial charge in [-0.05, 0) is 23.8 Å². The van der Waals surface area contributed by atoms with Crippen LogP contribution in [0.2, 0.25) is 0 Å². The number of ether oxygens (including phenoxy) is 2. The Bertz CT molecular complexity index is 658. The number of carbonyl (C=O) groups is 2. The summed E-state index contributed by atoms with van der Waals surface area (Å²) >= 11 is 0. The number of amides is 1. The van der Waals surface area contributed by atoms with Gasteiger partial charge in [-0.25, -0.2) is 0 Å². The van der Waals surface area contributed by atoms with Gasteiger partial charge in [-0.1, -0.05) is 6.92 Å². The molecule has 0 bridgehead atoms. The van der Waals surface area contributed by atoms with Crippen molar-refractivity contribution in [1.82, 2.24) is 4.90 Å². The molecule has 0 radical (unpaired) electrons. The van der Waals surface area contributed by atoms with Crippen LogP contribution in [0.3, 0.4) is 0 Å². The molecule has 1 atom stereocenters. The summed E-state index contributed by atoms with van der Waals surface area (Å²) in [7, 11) is 1.28. The topological polar surface area (TPSA) is 119 Å². The molecular weight excluding hydrogens is 356 g/mol. The number of aliphatic hydroxyl groups excluding tert-OH is 1. The molecule has 1 aromatic rings. The van der Waals surface area contributed by atoms with Gasteiger partial charge in [0.2, 0.25) is 5.91 Å². The lowest BCUT2D eigenvalue weighted by Crippen LogP contribution is -2.38. The molecule has 148 valence electrons. The van der Waals surface area contributed by atoms with E-state index in [-0.39, 0.29) is 44.5 Å². The fourth-order valence-electron chi connectivity index (χ4n) is 2.22. The van der Waals surface area contributed by atoms with E-state index in [4.69, 9.17) is 9.84 Å². The minimum Gasteiger partial charge on any atom is -0.469 e. The highest BCUT2D eigenvalue weighted by atomic mass is 16.6. The van der Waals surface area contributed by atoms with Crippen LogP contribution in [0, 0.1) is 16.0 Å². The molecular formula is C18H24N2O7. The molecule has 0 saturated carbocycles. The van der Waals surface area contributed by atoms with E-state index in [9.17, 15) is 19.7 Å². The van der Waals surface area contributed by atoms with Gasteiger partial charge in [0, 0.05) is 31.3 Å². The Kier molecular flexibility index (Phi) is 9.70. The molecule has 0 aliphatic heterocycles. The van der Waals surface area contributed by atoms with Gasteiger partial charge in [-0.2, -0.15) is 0 Å². The summed E-state index contributed by atoms with van der Waals surface area (Å²) in [6.45, 7) is 2.30. The number of nitrogens with zero attached hydrogens (tertiary/aromatic N) is 2. The Balaban J connectivity index is 2.77. The summed E-state index contributed by atoms with van der Waals surface area (Å²) in [6, 6.07) is 5.77. The maximum atomic E-state index is 12.5. The maximum absolute atomic E-state index is 12.5. The van der Waals surface area contributed by atoms with Crippen LogP contribution < -0.4 is 0 Å². The van der Waals surface area contributed by atoms with Gasteiger partial charge in [0.1, 0.15) is 0 Å². The quantitative estimate of drug-likeness (QED) is 0.202. The molecule has 0 aliphatic carbocycles. The number of aliphatic hydroxyl groups is 1. The highest BCUT2D eigenvalue weighted by Crippen LogP contribution is 2.13. The Morgan fingerprint density at radius 1 is 1.30 bits per heavy atom. The zero-order valence-corrected chi connectivity index (χ0v) is 15.4. The predicted molar refractivity (Wildman–Crippen MR) is 97.8 cm³/mol. The number of esters is 1. The first-order valence-corrected chi connectivity index (χ1v) is 8.37. The van der Waals surface area contributed by atoms with E-state index in [0.29, 0.717) is 5.56 Å². The fourth-order valence-corrected chi connectivity index (χ4v) is 2.22. The van der Waals surface area contributed by atoms with Crippen LogP contribution in [-0.2, 0) is 19.1 Å². The second-order valence-electron chi connectivity index (χ2n) is 5.73. The van der Waals surface area contributed by atoms with Gasteiger partial charge in [-0.3, -0.25) is 19.7 Å². The first-order valence-electron chi connectivity index (χ1n) is 8.37. The van der Waals surface area contributed by atoms with E-state index in [1.54, 1.807) is 6.92 Å². The number of methoxy groups -OCH3 is 1. The number of nitro benzene ring substituents is 1. The minimum absolute atomic E-state index is 0.0342. The summed E-state index contributed by atoms with van der Waals surface area (Å²) in [5.74, 6) is -1.27. The van der Waals surface area contributed by atoms with Crippen molar-refractivity contribution < 1.29 is 29.1 Å². The van der Waals surface area contributed by atoms with Crippen LogP contribution in [0.1, 0.15) is 12.5 Å². The summed E-state index contributed by atoms with van der Waals surface area (Å²) < 4.78 is 9.86. The van der Waals surface area contributed by atoms with Crippen LogP contribution >= 0.6 is 0 Å². The van der Waals surface area contributed by atoms with Crippen molar-refractivity contribution in [3.05, 3.63) is 46.0 Å². The molecule has 1 rings (SSSR count). The van der Waals surface area contributed by atoms with Crippen molar-refractivity contribution in [3.8, 4) is 0 Å². The van der Waals surface area contributed by atoms with E-state index in [1.807, 2.05) is 0 Å². The maximum Gasteiger partial charge on any atom is 0.310 e. The molecule has 1 amide bonds. The largest absolute Gasteiger partial charge is 0.469 e. The SMILES string of the molecule is COC(=O)C(C)CN(CCOCCO)C(=O)/C=C/c1ccc([N+](=O)[O-])cc1. The third-order valence-corrected chi connectivity index (χ3v) is 3.67. The first kappa shape index (κ1) is 22.3. The lowest BCUT2D eigenvalue weighted by atomic mass is 10.1. The zero-order valence-electron chi connectivity index (χ0n) is 15.4. The van der Waals surface area contributed by atoms with Crippen LogP contribution in [0.4, 0.5) is 5.69 Å². The number of non-ortho nitro benzene ring substituents is 1. The van der Waals surface area contributed by atoms with Crippen molar-refractivity contribution in [2.45, 2.75) is 6.92 Å². The number of carbonyl (C=O) groups excluding carboxylic acids is 2. The van der Waals surface area contributed by atoms with Crippen molar-refractivity contribution in [2.24, 2.45) is 5.92 Å². The highest BCUT2D eigenvalue weighted by Gasteiger charge is 2.20. The number of nitro groups is 1. The monoisotopic (exact) mass is 380 g/mol. The van der Waals surface area contributed by atoms with E-state index in [0.717, 1.165) is 0 Å². The van der Waals surface area contributed by atoms with Crippen LogP contribution in [-0.4, -0.2) is 66.8 Å². The third-order valence-electron chi connectivity index (χ3n) is 3.67. The molecule has 0 heterocycles. The van der Waals surface area contributed by atoms with E-state index < -0.39 is 16.8 Å². The summed E-state index contributed by atoms with van der Waals surface area (Å²) in [5.41, 5.74) is 0.597. The van der Waals surface area contributed by atoms with E-state index in [2.05, 4.69) is 4.74 Å². The average molecular weight is 380 g/mol. The Morgan fingerprint density at radius 2 is 1.96 bits per heavy atom. The Labute approximate surface area is 157 Å². The van der Waals surface area contributed by atoms with Crippen molar-refractivity contribution in [3.63, 3.8) is 0 Å². The van der Waals surface area contributed by atoms with Crippen molar-refractivity contribution in [2.75, 3.05) is 40.0 Å². The van der Waals surface area contributed by atoms with Gasteiger partial charge in [0.05, 0.1) is 37.8 Å². The molecule has 27 heavy (non-hydrogen) atoms. The number of benzene rings is 1. The first-order chi connectivity index (χ1) is 12.9. The number of hydrogen-bond acceptors (Lipinski definition) is 7. The zero-order chi connectivity index (χ0) is 20.2. The summed E-state index contributed by atoms with van der Waals surface area (Å²) in [5, 5.41) is 19.4. The van der Waals surface area contributed by atoms with Crippen molar-refractivity contribution >= 4 is 23.6 Å². The smallest absolute Gasteiger partial charge is 0.310 e. The molecule has 0 spiro atoms. The van der Waals surface area contributed by atoms with Gasteiger partial charge in [0.15, 0.2) is 0 Å². The van der Waals surface area contributed by atoms with Crippen LogP contribution in [0.5, 0.6) is 0 Å². The molecule has 0 saturated heterocycles. The lowest BCUT2D eigenvalue weighted by Gasteiger charge is -2.23. The molecule has 1 aromatic carbocycles. The Morgan fingerprint density at radius 3 is 2.52 bits per heavy atom. The number of rotatable bonds is 11. The highest BCUT2D eigenvalue weighted by molar-refractivity contribution is 5.92. The third kappa shape index (κ3) is 7.97. The molecule has 1 N–H and O–H groups in total. The average Bonchev–Trinajstić information content (AvgIpc) is 2.67. The lowest BCUT2D eigenvalue weighted by molar-refractivity contribution is -0.384. The molecule has 1 unspecified atom stereocenters. The minimum atomic E-state index is -0.510. The summed E-state index contributed by atoms with van der Waals surface area (Å²) in [4.78, 5) is 35.7. The predicted octanol–water partition coefficient (Wildman–Crippen LogP) is 1.25. The van der Waals surface area contributed by atoms with E-state index >= 15 is 0 Å². The second kappa shape index (κ2) is 11.8. The standard InChI is InChI=1S/C18H24N2O7/c1-14(18(23)26-2)13-19(9-11-27-12-10-21)17(22)8-5-15-3-6-16(7-4-15)20(24)25/h3-8,14,21H,9-13H2,1-2H3/b8-5+. The Hall–Kier alpha value is -2.78. The molecule has 9 heteroatoms. The molecule has 0 aromatic heterocycles. The van der Waals surface area contributed by atoms with Gasteiger partial charge < -0.3 is 19.5 Å². The number of hydrogen-bond donors (Lipinski definition) is 1. The second-order valence-corrected chi connectivity index (χ2v) is 5.73. The fraction of sp³-hybridized carbons (Fsp3) is 0.444. The van der Waals surface area contributed by atoms with Gasteiger partial charge in [0.25, 0.3) is 5.69 Å². The normalized spacial score (nSPS) is 12.0. The molecule has 9 nitrogen and oxygen atoms in total. The van der Waals surface area contributed by atoms with Crippen LogP contribution in [0.15, 0.2) is 30.3 Å². The molecule has 0 aliphatic rings. The van der Waals surface area contributed by atoms with Gasteiger partial charge in [-0.15, -0.1) is 0 Å². The van der Waals surface area contributed by atoms with Gasteiger partial charge >= 0.3 is 5.97 Å². The molecule has 0 fully saturated rings. The summed E-state index contributed by atoms with van der Waals surface area (Å²) in [6.07, 6.45) is 2.87. The van der Waals surface area contributed by atoms with Crippen molar-refractivity contribution in [1.29, 1.82) is 0 Å². The van der Waals surface area contributed by atoms with E-state index in [1.165, 1.54) is 48.4 Å². The van der Waals surface area contributed by atoms with Crippen LogP contribution in [0.25, 0.3) is 6.08 Å².